The number of nitrogens with one attached hydrogen (secondary N) is 1. The van der Waals surface area contributed by atoms with Crippen molar-refractivity contribution in [3.05, 3.63) is 60.4 Å². The van der Waals surface area contributed by atoms with E-state index < -0.39 is 51.1 Å². The van der Waals surface area contributed by atoms with Crippen molar-refractivity contribution in [1.29, 1.82) is 0 Å². The van der Waals surface area contributed by atoms with Crippen LogP contribution in [-0.2, 0) is 29.7 Å². The fourth-order valence-corrected chi connectivity index (χ4v) is 7.27. The third-order valence-electron chi connectivity index (χ3n) is 10.2. The van der Waals surface area contributed by atoms with Crippen molar-refractivity contribution in [3.63, 3.8) is 0 Å². The molecule has 2 heterocycles. The number of carbonyl (C=O) groups excluding carboxylic acids is 1. The van der Waals surface area contributed by atoms with E-state index in [0.717, 1.165) is 0 Å². The Hall–Kier alpha value is -3.76. The summed E-state index contributed by atoms with van der Waals surface area (Å²) in [4.78, 5) is 51.5. The number of benzene rings is 1. The lowest BCUT2D eigenvalue weighted by molar-refractivity contribution is -0.385. The highest BCUT2D eigenvalue weighted by molar-refractivity contribution is 6.74. The second-order valence-corrected chi connectivity index (χ2v) is 25.5. The summed E-state index contributed by atoms with van der Waals surface area (Å²) in [6, 6.07) is 2.61. The number of ether oxygens (including phenoxy) is 4. The molecule has 0 radical (unpaired) electrons. The SMILES string of the molecule is COc1cc(COC(=O)CCCC#Cc2cn([C@H]3C[C@H](O[Si](C)(C)C(C)(C)C)[C@@H](CO[Si](C)(C)C(C)(C)C)O3)c(=O)[nH]c2=O)c([N+](=O)[O-])cc1OC. The maximum atomic E-state index is 13.0. The Balaban J connectivity index is 1.70. The molecule has 0 saturated carbocycles. The molecule has 16 heteroatoms. The maximum Gasteiger partial charge on any atom is 0.330 e. The monoisotopic (exact) mass is 761 g/mol. The Bertz CT molecular complexity index is 1780. The molecule has 1 aliphatic rings. The van der Waals surface area contributed by atoms with Gasteiger partial charge in [0, 0.05) is 25.5 Å². The van der Waals surface area contributed by atoms with E-state index >= 15 is 0 Å². The van der Waals surface area contributed by atoms with Crippen LogP contribution in [0.1, 0.15) is 84.6 Å². The van der Waals surface area contributed by atoms with Gasteiger partial charge in [-0.25, -0.2) is 4.79 Å². The molecule has 288 valence electrons. The summed E-state index contributed by atoms with van der Waals surface area (Å²) in [5, 5.41) is 11.5. The van der Waals surface area contributed by atoms with Crippen LogP contribution >= 0.6 is 0 Å². The van der Waals surface area contributed by atoms with Crippen LogP contribution in [0.25, 0.3) is 0 Å². The van der Waals surface area contributed by atoms with Crippen LogP contribution in [0.2, 0.25) is 36.3 Å². The lowest BCUT2D eigenvalue weighted by atomic mass is 10.1. The van der Waals surface area contributed by atoms with Crippen LogP contribution < -0.4 is 20.7 Å². The number of esters is 1. The third kappa shape index (κ3) is 10.7. The lowest BCUT2D eigenvalue weighted by Gasteiger charge is -2.40. The predicted molar refractivity (Wildman–Crippen MR) is 202 cm³/mol. The summed E-state index contributed by atoms with van der Waals surface area (Å²) < 4.78 is 36.8. The summed E-state index contributed by atoms with van der Waals surface area (Å²) in [5.74, 6) is 5.58. The van der Waals surface area contributed by atoms with E-state index in [1.807, 2.05) is 0 Å². The van der Waals surface area contributed by atoms with Gasteiger partial charge in [0.05, 0.1) is 43.5 Å². The molecule has 3 atom stereocenters. The fraction of sp³-hybridized carbons (Fsp3) is 0.639. The number of rotatable bonds is 14. The van der Waals surface area contributed by atoms with Gasteiger partial charge in [-0.1, -0.05) is 53.4 Å². The molecule has 0 bridgehead atoms. The molecule has 14 nitrogen and oxygen atoms in total. The quantitative estimate of drug-likeness (QED) is 0.0562. The number of methoxy groups -OCH3 is 2. The average Bonchev–Trinajstić information content (AvgIpc) is 3.43. The van der Waals surface area contributed by atoms with Crippen molar-refractivity contribution in [2.24, 2.45) is 0 Å². The summed E-state index contributed by atoms with van der Waals surface area (Å²) in [6.07, 6.45) is 0.917. The number of nitrogens with zero attached hydrogens (tertiary/aromatic N) is 2. The Labute approximate surface area is 307 Å². The Kier molecular flexibility index (Phi) is 13.9. The minimum atomic E-state index is -2.22. The van der Waals surface area contributed by atoms with E-state index in [-0.39, 0.29) is 63.9 Å². The Morgan fingerprint density at radius 3 is 2.23 bits per heavy atom. The van der Waals surface area contributed by atoms with Gasteiger partial charge in [0.15, 0.2) is 28.1 Å². The Morgan fingerprint density at radius 2 is 1.65 bits per heavy atom. The summed E-state index contributed by atoms with van der Waals surface area (Å²) in [6.45, 7) is 21.7. The van der Waals surface area contributed by atoms with E-state index in [1.54, 1.807) is 0 Å². The van der Waals surface area contributed by atoms with Crippen LogP contribution in [0, 0.1) is 22.0 Å². The first kappa shape index (κ1) is 42.7. The average molecular weight is 762 g/mol. The van der Waals surface area contributed by atoms with Gasteiger partial charge in [0.25, 0.3) is 11.2 Å². The van der Waals surface area contributed by atoms with Crippen LogP contribution in [0.15, 0.2) is 27.9 Å². The normalized spacial score (nSPS) is 18.0. The molecule has 1 aromatic carbocycles. The molecule has 0 amide bonds. The minimum absolute atomic E-state index is 0.000391. The highest BCUT2D eigenvalue weighted by Crippen LogP contribution is 2.42. The first-order chi connectivity index (χ1) is 24.0. The topological polar surface area (TPSA) is 170 Å². The zero-order valence-electron chi connectivity index (χ0n) is 32.6. The molecular formula is C36H55N3O11Si2. The molecular weight excluding hydrogens is 707 g/mol. The molecule has 0 unspecified atom stereocenters. The van der Waals surface area contributed by atoms with Gasteiger partial charge in [-0.3, -0.25) is 29.3 Å². The molecule has 1 aliphatic heterocycles. The first-order valence-corrected chi connectivity index (χ1v) is 23.2. The van der Waals surface area contributed by atoms with Crippen molar-refractivity contribution in [3.8, 4) is 23.3 Å². The molecule has 0 spiro atoms. The van der Waals surface area contributed by atoms with Gasteiger partial charge < -0.3 is 27.8 Å². The number of nitro benzene ring substituents is 1. The standard InChI is InChI=1S/C36H55N3O11Si2/c1-35(2,3)51(9,10)48-23-30-29(50-52(11,12)36(4,5)6)20-31(49-30)38-21-24(33(41)37-34(38)42)16-14-13-15-17-32(40)47-22-25-18-27(45-7)28(46-8)19-26(25)39(43)44/h18-19,21,29-31H,13,15,17,20,22-23H2,1-12H3,(H,37,41,42)/t29-,30+,31+/m0/s1. The van der Waals surface area contributed by atoms with Gasteiger partial charge in [-0.2, -0.15) is 0 Å². The molecule has 52 heavy (non-hydrogen) atoms. The maximum absolute atomic E-state index is 13.0. The van der Waals surface area contributed by atoms with Gasteiger partial charge in [-0.05, 0) is 48.8 Å². The van der Waals surface area contributed by atoms with Crippen LogP contribution in [0.4, 0.5) is 5.69 Å². The van der Waals surface area contributed by atoms with E-state index in [0.29, 0.717) is 19.4 Å². The summed E-state index contributed by atoms with van der Waals surface area (Å²) in [7, 11) is -1.57. The zero-order valence-corrected chi connectivity index (χ0v) is 34.6. The van der Waals surface area contributed by atoms with Gasteiger partial charge in [0.2, 0.25) is 0 Å². The molecule has 2 aromatic rings. The number of aromatic amines is 1. The fourth-order valence-electron chi connectivity index (χ4n) is 4.90. The van der Waals surface area contributed by atoms with E-state index in [9.17, 15) is 24.5 Å². The van der Waals surface area contributed by atoms with Crippen molar-refractivity contribution >= 4 is 28.3 Å². The van der Waals surface area contributed by atoms with Crippen molar-refractivity contribution in [1.82, 2.24) is 9.55 Å². The second kappa shape index (κ2) is 16.9. The van der Waals surface area contributed by atoms with Crippen LogP contribution in [0.3, 0.4) is 0 Å². The van der Waals surface area contributed by atoms with E-state index in [1.165, 1.54) is 37.1 Å². The van der Waals surface area contributed by atoms with Crippen molar-refractivity contribution in [2.75, 3.05) is 20.8 Å². The largest absolute Gasteiger partial charge is 0.493 e. The van der Waals surface area contributed by atoms with E-state index in [2.05, 4.69) is 84.6 Å². The highest BCUT2D eigenvalue weighted by Gasteiger charge is 2.47. The molecule has 3 rings (SSSR count). The number of hydrogen-bond acceptors (Lipinski definition) is 11. The van der Waals surface area contributed by atoms with Crippen LogP contribution in [0.5, 0.6) is 11.5 Å². The first-order valence-electron chi connectivity index (χ1n) is 17.4. The molecule has 1 N–H and O–H groups in total. The summed E-state index contributed by atoms with van der Waals surface area (Å²) >= 11 is 0. The number of carbonyl (C=O) groups is 1. The van der Waals surface area contributed by atoms with Crippen LogP contribution in [-0.4, -0.2) is 70.1 Å². The number of aromatic nitrogens is 2. The third-order valence-corrected chi connectivity index (χ3v) is 19.2. The Morgan fingerprint density at radius 1 is 1.04 bits per heavy atom. The summed E-state index contributed by atoms with van der Waals surface area (Å²) in [5.41, 5.74) is -1.28. The van der Waals surface area contributed by atoms with Crippen molar-refractivity contribution in [2.45, 2.75) is 129 Å². The number of nitro groups is 1. The highest BCUT2D eigenvalue weighted by atomic mass is 28.4. The predicted octanol–water partition coefficient (Wildman–Crippen LogP) is 6.43. The number of hydrogen-bond donors (Lipinski definition) is 1. The van der Waals surface area contributed by atoms with Gasteiger partial charge in [-0.15, -0.1) is 0 Å². The molecule has 0 aliphatic carbocycles. The number of unbranched alkanes of at least 4 members (excludes halogenated alkanes) is 1. The number of H-pyrrole nitrogens is 1. The lowest BCUT2D eigenvalue weighted by Crippen LogP contribution is -2.48. The van der Waals surface area contributed by atoms with E-state index in [4.69, 9.17) is 27.8 Å². The molecule has 1 saturated heterocycles. The van der Waals surface area contributed by atoms with Crippen molar-refractivity contribution < 1.29 is 37.5 Å². The molecule has 1 aromatic heterocycles. The second-order valence-electron chi connectivity index (χ2n) is 16.0. The van der Waals surface area contributed by atoms with Gasteiger partial charge in [0.1, 0.15) is 24.5 Å². The zero-order chi connectivity index (χ0) is 39.2. The molecule has 1 fully saturated rings. The van der Waals surface area contributed by atoms with Gasteiger partial charge >= 0.3 is 11.7 Å². The smallest absolute Gasteiger partial charge is 0.330 e. The minimum Gasteiger partial charge on any atom is -0.493 e.